The predicted molar refractivity (Wildman–Crippen MR) is 43.0 cm³/mol. The van der Waals surface area contributed by atoms with Crippen LogP contribution in [0, 0.1) is 12.8 Å². The Morgan fingerprint density at radius 1 is 1.27 bits per heavy atom. The molecule has 64 valence electrons. The van der Waals surface area contributed by atoms with E-state index >= 15 is 0 Å². The van der Waals surface area contributed by atoms with E-state index in [1.54, 1.807) is 0 Å². The minimum absolute atomic E-state index is 0.0567. The van der Waals surface area contributed by atoms with Gasteiger partial charge < -0.3 is 9.47 Å². The first-order chi connectivity index (χ1) is 5.22. The van der Waals surface area contributed by atoms with E-state index in [0.717, 1.165) is 12.8 Å². The van der Waals surface area contributed by atoms with Crippen LogP contribution in [-0.4, -0.2) is 19.0 Å². The molecular weight excluding hydrogens is 140 g/mol. The third-order valence-corrected chi connectivity index (χ3v) is 2.20. The van der Waals surface area contributed by atoms with Gasteiger partial charge in [-0.15, -0.1) is 0 Å². The highest BCUT2D eigenvalue weighted by atomic mass is 16.7. The van der Waals surface area contributed by atoms with Gasteiger partial charge in [-0.3, -0.25) is 0 Å². The van der Waals surface area contributed by atoms with Crippen LogP contribution in [0.25, 0.3) is 0 Å². The Hall–Kier alpha value is -0.0800. The van der Waals surface area contributed by atoms with E-state index in [4.69, 9.17) is 16.4 Å². The molecule has 0 aromatic carbocycles. The lowest BCUT2D eigenvalue weighted by Gasteiger charge is -2.38. The lowest BCUT2D eigenvalue weighted by Crippen LogP contribution is -2.42. The van der Waals surface area contributed by atoms with Gasteiger partial charge in [0.1, 0.15) is 0 Å². The number of rotatable bonds is 2. The van der Waals surface area contributed by atoms with Crippen molar-refractivity contribution in [1.82, 2.24) is 0 Å². The summed E-state index contributed by atoms with van der Waals surface area (Å²) in [5, 5.41) is 0. The first-order valence-corrected chi connectivity index (χ1v) is 4.26. The normalized spacial score (nSPS) is 25.4. The van der Waals surface area contributed by atoms with Crippen LogP contribution in [-0.2, 0) is 9.47 Å². The SMILES string of the molecule is [CH]C1COC(CC)(CC)OC1. The van der Waals surface area contributed by atoms with Gasteiger partial charge in [-0.2, -0.15) is 0 Å². The molecule has 1 heterocycles. The van der Waals surface area contributed by atoms with Crippen LogP contribution < -0.4 is 0 Å². The minimum Gasteiger partial charge on any atom is -0.350 e. The van der Waals surface area contributed by atoms with Gasteiger partial charge in [-0.1, -0.05) is 13.8 Å². The van der Waals surface area contributed by atoms with E-state index in [2.05, 4.69) is 13.8 Å². The van der Waals surface area contributed by atoms with Crippen LogP contribution in [0.15, 0.2) is 0 Å². The number of ether oxygens (including phenoxy) is 2. The van der Waals surface area contributed by atoms with Crippen LogP contribution in [0.4, 0.5) is 0 Å². The van der Waals surface area contributed by atoms with Gasteiger partial charge in [0.05, 0.1) is 13.2 Å². The van der Waals surface area contributed by atoms with Crippen molar-refractivity contribution < 1.29 is 9.47 Å². The molecule has 0 bridgehead atoms. The second kappa shape index (κ2) is 3.55. The average Bonchev–Trinajstić information content (AvgIpc) is 2.07. The zero-order valence-electron chi connectivity index (χ0n) is 7.30. The maximum Gasteiger partial charge on any atom is 0.167 e. The highest BCUT2D eigenvalue weighted by molar-refractivity contribution is 4.73. The standard InChI is InChI=1S/C9H16O2/c1-4-9(5-2)10-6-8(3)7-11-9/h3,8H,4-7H2,1-2H3. The molecule has 2 heteroatoms. The van der Waals surface area contributed by atoms with Crippen molar-refractivity contribution in [2.24, 2.45) is 5.92 Å². The summed E-state index contributed by atoms with van der Waals surface area (Å²) in [6.45, 7) is 11.0. The highest BCUT2D eigenvalue weighted by Crippen LogP contribution is 2.27. The second-order valence-corrected chi connectivity index (χ2v) is 3.00. The summed E-state index contributed by atoms with van der Waals surface area (Å²) in [6.07, 6.45) is 1.80. The van der Waals surface area contributed by atoms with Crippen molar-refractivity contribution in [3.63, 3.8) is 0 Å². The molecule has 1 fully saturated rings. The molecule has 0 spiro atoms. The molecule has 0 aromatic heterocycles. The Bertz CT molecular complexity index is 109. The van der Waals surface area contributed by atoms with Gasteiger partial charge >= 0.3 is 0 Å². The van der Waals surface area contributed by atoms with Gasteiger partial charge in [0.2, 0.25) is 0 Å². The molecule has 0 saturated carbocycles. The van der Waals surface area contributed by atoms with E-state index < -0.39 is 0 Å². The van der Waals surface area contributed by atoms with E-state index in [-0.39, 0.29) is 11.7 Å². The summed E-state index contributed by atoms with van der Waals surface area (Å²) < 4.78 is 11.1. The molecule has 1 saturated heterocycles. The molecule has 0 N–H and O–H groups in total. The third-order valence-electron chi connectivity index (χ3n) is 2.20. The van der Waals surface area contributed by atoms with Crippen LogP contribution in [0.3, 0.4) is 0 Å². The first-order valence-electron chi connectivity index (χ1n) is 4.26. The van der Waals surface area contributed by atoms with E-state index in [9.17, 15) is 0 Å². The maximum absolute atomic E-state index is 5.62. The summed E-state index contributed by atoms with van der Waals surface area (Å²) >= 11 is 0. The van der Waals surface area contributed by atoms with Gasteiger partial charge in [0.15, 0.2) is 5.79 Å². The topological polar surface area (TPSA) is 18.5 Å². The second-order valence-electron chi connectivity index (χ2n) is 3.00. The Labute approximate surface area is 68.9 Å². The Morgan fingerprint density at radius 3 is 2.09 bits per heavy atom. The molecule has 1 aliphatic heterocycles. The molecule has 2 nitrogen and oxygen atoms in total. The van der Waals surface area contributed by atoms with E-state index in [0.29, 0.717) is 13.2 Å². The molecule has 1 rings (SSSR count). The van der Waals surface area contributed by atoms with Gasteiger partial charge in [-0.05, 0) is 19.8 Å². The molecular formula is C9H16O2. The summed E-state index contributed by atoms with van der Waals surface area (Å²) in [5.74, 6) is -0.281. The van der Waals surface area contributed by atoms with Crippen molar-refractivity contribution in [1.29, 1.82) is 0 Å². The fourth-order valence-electron chi connectivity index (χ4n) is 1.27. The molecule has 1 aliphatic rings. The average molecular weight is 156 g/mol. The van der Waals surface area contributed by atoms with E-state index in [1.165, 1.54) is 0 Å². The van der Waals surface area contributed by atoms with Gasteiger partial charge in [-0.25, -0.2) is 0 Å². The Balaban J connectivity index is 2.45. The molecule has 11 heavy (non-hydrogen) atoms. The minimum atomic E-state index is -0.337. The fourth-order valence-corrected chi connectivity index (χ4v) is 1.27. The quantitative estimate of drug-likeness (QED) is 0.607. The molecule has 0 aliphatic carbocycles. The fraction of sp³-hybridized carbons (Fsp3) is 0.889. The zero-order valence-corrected chi connectivity index (χ0v) is 7.30. The third kappa shape index (κ3) is 1.94. The largest absolute Gasteiger partial charge is 0.350 e. The van der Waals surface area contributed by atoms with Crippen LogP contribution in [0.1, 0.15) is 26.7 Å². The summed E-state index contributed by atoms with van der Waals surface area (Å²) in [4.78, 5) is 0. The molecule has 0 atom stereocenters. The summed E-state index contributed by atoms with van der Waals surface area (Å²) in [5.41, 5.74) is 0. The Kier molecular flexibility index (Phi) is 2.90. The van der Waals surface area contributed by atoms with Gasteiger partial charge in [0, 0.05) is 5.92 Å². The number of hydrogen-bond acceptors (Lipinski definition) is 2. The number of hydrogen-bond donors (Lipinski definition) is 0. The summed E-state index contributed by atoms with van der Waals surface area (Å²) in [7, 11) is 0. The molecule has 0 aromatic rings. The van der Waals surface area contributed by atoms with Crippen LogP contribution in [0.2, 0.25) is 0 Å². The molecule has 0 amide bonds. The highest BCUT2D eigenvalue weighted by Gasteiger charge is 2.32. The maximum atomic E-state index is 5.62. The lowest BCUT2D eigenvalue weighted by molar-refractivity contribution is -0.280. The summed E-state index contributed by atoms with van der Waals surface area (Å²) in [6, 6.07) is 0. The lowest BCUT2D eigenvalue weighted by atomic mass is 10.1. The molecule has 0 unspecified atom stereocenters. The predicted octanol–water partition coefficient (Wildman–Crippen LogP) is 1.88. The first kappa shape index (κ1) is 9.01. The van der Waals surface area contributed by atoms with E-state index in [1.807, 2.05) is 0 Å². The smallest absolute Gasteiger partial charge is 0.167 e. The Morgan fingerprint density at radius 2 is 1.73 bits per heavy atom. The van der Waals surface area contributed by atoms with Crippen molar-refractivity contribution in [3.05, 3.63) is 6.92 Å². The van der Waals surface area contributed by atoms with Crippen LogP contribution in [0.5, 0.6) is 0 Å². The van der Waals surface area contributed by atoms with Crippen LogP contribution >= 0.6 is 0 Å². The van der Waals surface area contributed by atoms with Crippen molar-refractivity contribution >= 4 is 0 Å². The van der Waals surface area contributed by atoms with Crippen molar-refractivity contribution in [3.8, 4) is 0 Å². The van der Waals surface area contributed by atoms with Crippen molar-refractivity contribution in [2.75, 3.05) is 13.2 Å². The monoisotopic (exact) mass is 156 g/mol. The zero-order chi connectivity index (χ0) is 8.32. The molecule has 2 radical (unpaired) electrons. The van der Waals surface area contributed by atoms with Crippen molar-refractivity contribution in [2.45, 2.75) is 32.5 Å². The van der Waals surface area contributed by atoms with Gasteiger partial charge in [0.25, 0.3) is 0 Å².